The van der Waals surface area contributed by atoms with Crippen LogP contribution in [-0.4, -0.2) is 15.4 Å². The Kier molecular flexibility index (Phi) is 4.28. The largest absolute Gasteiger partial charge is 0.548 e. The predicted molar refractivity (Wildman–Crippen MR) is 86.6 cm³/mol. The first-order valence-corrected chi connectivity index (χ1v) is 10.7. The maximum Gasteiger partial charge on any atom is 0.241 e. The molecule has 0 heterocycles. The Balaban J connectivity index is 2.04. The zero-order valence-corrected chi connectivity index (χ0v) is 14.3. The van der Waals surface area contributed by atoms with Gasteiger partial charge in [-0.05, 0) is 61.7 Å². The summed E-state index contributed by atoms with van der Waals surface area (Å²) >= 11 is 0. The van der Waals surface area contributed by atoms with Gasteiger partial charge in [-0.3, -0.25) is 0 Å². The number of benzene rings is 1. The minimum absolute atomic E-state index is 0.226. The van der Waals surface area contributed by atoms with Gasteiger partial charge in [0.25, 0.3) is 0 Å². The lowest BCUT2D eigenvalue weighted by molar-refractivity contribution is 0.395. The Morgan fingerprint density at radius 3 is 2.35 bits per heavy atom. The lowest BCUT2D eigenvalue weighted by Gasteiger charge is -2.21. The topological polar surface area (TPSA) is 18.5 Å². The van der Waals surface area contributed by atoms with Gasteiger partial charge in [0, 0.05) is 6.42 Å². The van der Waals surface area contributed by atoms with Gasteiger partial charge < -0.3 is 9.16 Å². The van der Waals surface area contributed by atoms with Crippen LogP contribution in [0.2, 0.25) is 19.6 Å². The first-order valence-electron chi connectivity index (χ1n) is 7.33. The summed E-state index contributed by atoms with van der Waals surface area (Å²) < 4.78 is 11.4. The van der Waals surface area contributed by atoms with E-state index in [1.54, 1.807) is 7.11 Å². The minimum atomic E-state index is -1.47. The maximum absolute atomic E-state index is 6.15. The SMILES string of the molecule is COc1ccc(CC2(C)C=C(O[Si](C)(C)C)CC2)cc1. The third kappa shape index (κ3) is 4.14. The summed E-state index contributed by atoms with van der Waals surface area (Å²) in [6.07, 6.45) is 5.68. The van der Waals surface area contributed by atoms with Crippen LogP contribution < -0.4 is 4.74 Å². The molecule has 0 saturated heterocycles. The molecule has 1 atom stereocenters. The molecule has 0 amide bonds. The molecular formula is C17H26O2Si. The van der Waals surface area contributed by atoms with E-state index in [4.69, 9.17) is 9.16 Å². The number of rotatable bonds is 5. The highest BCUT2D eigenvalue weighted by Gasteiger charge is 2.31. The van der Waals surface area contributed by atoms with Gasteiger partial charge in [0.1, 0.15) is 5.75 Å². The van der Waals surface area contributed by atoms with Crippen molar-refractivity contribution in [2.24, 2.45) is 5.41 Å². The molecule has 0 fully saturated rings. The van der Waals surface area contributed by atoms with Gasteiger partial charge >= 0.3 is 0 Å². The van der Waals surface area contributed by atoms with E-state index >= 15 is 0 Å². The van der Waals surface area contributed by atoms with Crippen molar-refractivity contribution < 1.29 is 9.16 Å². The fourth-order valence-electron chi connectivity index (χ4n) is 2.76. The number of hydrogen-bond acceptors (Lipinski definition) is 2. The van der Waals surface area contributed by atoms with Crippen molar-refractivity contribution >= 4 is 8.32 Å². The standard InChI is InChI=1S/C17H26O2Si/c1-17(11-10-16(13-17)19-20(3,4)5)12-14-6-8-15(18-2)9-7-14/h6-9,13H,10-12H2,1-5H3. The molecule has 0 saturated carbocycles. The molecule has 2 rings (SSSR count). The van der Waals surface area contributed by atoms with Gasteiger partial charge in [-0.2, -0.15) is 0 Å². The molecule has 20 heavy (non-hydrogen) atoms. The Morgan fingerprint density at radius 2 is 1.80 bits per heavy atom. The zero-order chi connectivity index (χ0) is 14.8. The van der Waals surface area contributed by atoms with Crippen LogP contribution in [0.25, 0.3) is 0 Å². The molecule has 2 nitrogen and oxygen atoms in total. The summed E-state index contributed by atoms with van der Waals surface area (Å²) in [5.41, 5.74) is 1.59. The first-order chi connectivity index (χ1) is 9.30. The third-order valence-corrected chi connectivity index (χ3v) is 4.53. The molecule has 0 N–H and O–H groups in total. The molecule has 1 unspecified atom stereocenters. The molecular weight excluding hydrogens is 264 g/mol. The second kappa shape index (κ2) is 5.64. The van der Waals surface area contributed by atoms with Crippen molar-refractivity contribution in [2.45, 2.75) is 45.8 Å². The van der Waals surface area contributed by atoms with E-state index in [1.165, 1.54) is 17.7 Å². The van der Waals surface area contributed by atoms with E-state index in [0.29, 0.717) is 0 Å². The number of allylic oxidation sites excluding steroid dienone is 2. The molecule has 0 radical (unpaired) electrons. The Hall–Kier alpha value is -1.22. The van der Waals surface area contributed by atoms with Gasteiger partial charge in [-0.15, -0.1) is 0 Å². The maximum atomic E-state index is 6.15. The Bertz CT molecular complexity index is 485. The molecule has 1 aromatic rings. The third-order valence-electron chi connectivity index (χ3n) is 3.66. The monoisotopic (exact) mass is 290 g/mol. The summed E-state index contributed by atoms with van der Waals surface area (Å²) in [4.78, 5) is 0. The fourth-order valence-corrected chi connectivity index (χ4v) is 3.71. The number of ether oxygens (including phenoxy) is 1. The number of hydrogen-bond donors (Lipinski definition) is 0. The van der Waals surface area contributed by atoms with E-state index in [-0.39, 0.29) is 5.41 Å². The molecule has 3 heteroatoms. The molecule has 1 aliphatic rings. The van der Waals surface area contributed by atoms with Crippen LogP contribution in [0.4, 0.5) is 0 Å². The molecule has 110 valence electrons. The quantitative estimate of drug-likeness (QED) is 0.727. The molecule has 1 aliphatic carbocycles. The smallest absolute Gasteiger partial charge is 0.241 e. The summed E-state index contributed by atoms with van der Waals surface area (Å²) in [6.45, 7) is 9.06. The van der Waals surface area contributed by atoms with E-state index in [0.717, 1.165) is 18.6 Å². The van der Waals surface area contributed by atoms with Crippen molar-refractivity contribution in [1.82, 2.24) is 0 Å². The van der Waals surface area contributed by atoms with E-state index < -0.39 is 8.32 Å². The summed E-state index contributed by atoms with van der Waals surface area (Å²) in [7, 11) is 0.230. The van der Waals surface area contributed by atoms with Crippen LogP contribution in [-0.2, 0) is 10.8 Å². The average Bonchev–Trinajstić information content (AvgIpc) is 2.69. The number of methoxy groups -OCH3 is 1. The second-order valence-corrected chi connectivity index (χ2v) is 11.4. The van der Waals surface area contributed by atoms with Crippen LogP contribution >= 0.6 is 0 Å². The van der Waals surface area contributed by atoms with Crippen molar-refractivity contribution in [3.63, 3.8) is 0 Å². The molecule has 0 aromatic heterocycles. The van der Waals surface area contributed by atoms with Crippen LogP contribution in [0.5, 0.6) is 5.75 Å². The van der Waals surface area contributed by atoms with Crippen molar-refractivity contribution in [1.29, 1.82) is 0 Å². The van der Waals surface area contributed by atoms with Crippen LogP contribution in [0.1, 0.15) is 25.3 Å². The summed E-state index contributed by atoms with van der Waals surface area (Å²) in [6, 6.07) is 8.40. The Morgan fingerprint density at radius 1 is 1.15 bits per heavy atom. The highest BCUT2D eigenvalue weighted by molar-refractivity contribution is 6.70. The van der Waals surface area contributed by atoms with E-state index in [1.807, 2.05) is 12.1 Å². The van der Waals surface area contributed by atoms with Gasteiger partial charge in [-0.25, -0.2) is 0 Å². The van der Waals surface area contributed by atoms with Crippen LogP contribution in [0.15, 0.2) is 36.1 Å². The average molecular weight is 290 g/mol. The highest BCUT2D eigenvalue weighted by atomic mass is 28.4. The lowest BCUT2D eigenvalue weighted by atomic mass is 9.83. The molecule has 0 aliphatic heterocycles. The van der Waals surface area contributed by atoms with E-state index in [2.05, 4.69) is 44.8 Å². The second-order valence-electron chi connectivity index (χ2n) is 7.00. The van der Waals surface area contributed by atoms with Gasteiger partial charge in [0.15, 0.2) is 0 Å². The molecule has 1 aromatic carbocycles. The first kappa shape index (κ1) is 15.2. The highest BCUT2D eigenvalue weighted by Crippen LogP contribution is 2.40. The van der Waals surface area contributed by atoms with Crippen molar-refractivity contribution in [3.05, 3.63) is 41.7 Å². The lowest BCUT2D eigenvalue weighted by Crippen LogP contribution is -2.24. The van der Waals surface area contributed by atoms with Gasteiger partial charge in [0.05, 0.1) is 12.9 Å². The fraction of sp³-hybridized carbons (Fsp3) is 0.529. The normalized spacial score (nSPS) is 22.6. The zero-order valence-electron chi connectivity index (χ0n) is 13.3. The van der Waals surface area contributed by atoms with Gasteiger partial charge in [0.2, 0.25) is 8.32 Å². The van der Waals surface area contributed by atoms with Crippen molar-refractivity contribution in [2.75, 3.05) is 7.11 Å². The minimum Gasteiger partial charge on any atom is -0.548 e. The summed E-state index contributed by atoms with van der Waals surface area (Å²) in [5, 5.41) is 0. The van der Waals surface area contributed by atoms with E-state index in [9.17, 15) is 0 Å². The van der Waals surface area contributed by atoms with Crippen LogP contribution in [0, 0.1) is 5.41 Å². The van der Waals surface area contributed by atoms with Crippen molar-refractivity contribution in [3.8, 4) is 5.75 Å². The molecule has 0 spiro atoms. The summed E-state index contributed by atoms with van der Waals surface area (Å²) in [5.74, 6) is 2.13. The Labute approximate surface area is 123 Å². The van der Waals surface area contributed by atoms with Crippen LogP contribution in [0.3, 0.4) is 0 Å². The van der Waals surface area contributed by atoms with Gasteiger partial charge in [-0.1, -0.05) is 19.1 Å². The molecule has 0 bridgehead atoms. The predicted octanol–water partition coefficient (Wildman–Crippen LogP) is 4.77.